The summed E-state index contributed by atoms with van der Waals surface area (Å²) in [6.45, 7) is 12.7. The van der Waals surface area contributed by atoms with Crippen molar-refractivity contribution in [2.45, 2.75) is 34.2 Å². The molecule has 2 aromatic rings. The van der Waals surface area contributed by atoms with E-state index in [0.29, 0.717) is 6.54 Å². The highest BCUT2D eigenvalue weighted by atomic mass is 127. The molecule has 7 heteroatoms. The molecular weight excluding hydrogens is 457 g/mol. The Balaban J connectivity index is 0.00000338. The first kappa shape index (κ1) is 22.7. The van der Waals surface area contributed by atoms with Crippen LogP contribution in [-0.2, 0) is 6.54 Å². The molecule has 5 nitrogen and oxygen atoms in total. The molecule has 0 bridgehead atoms. The van der Waals surface area contributed by atoms with E-state index in [4.69, 9.17) is 0 Å². The summed E-state index contributed by atoms with van der Waals surface area (Å²) < 4.78 is 0. The summed E-state index contributed by atoms with van der Waals surface area (Å²) in [5.74, 6) is 0.844. The Labute approximate surface area is 178 Å². The lowest BCUT2D eigenvalue weighted by Crippen LogP contribution is -2.41. The van der Waals surface area contributed by atoms with Crippen LogP contribution in [0.5, 0.6) is 0 Å². The lowest BCUT2D eigenvalue weighted by molar-refractivity contribution is 0.750. The number of hydrogen-bond acceptors (Lipinski definition) is 4. The molecule has 0 radical (unpaired) electrons. The standard InChI is InChI=1S/C19H29N5S.HI/c1-5-20-19(23-14-18-22-13-16(4)25-18)21-11-12-24(6-2)17-10-8-7-9-15(17)3;/h7-10,13H,5-6,11-12,14H2,1-4H3,(H2,20,21,23);1H. The van der Waals surface area contributed by atoms with Crippen LogP contribution >= 0.6 is 35.3 Å². The smallest absolute Gasteiger partial charge is 0.191 e. The van der Waals surface area contributed by atoms with Crippen LogP contribution < -0.4 is 15.5 Å². The van der Waals surface area contributed by atoms with Crippen LogP contribution in [0.25, 0.3) is 0 Å². The van der Waals surface area contributed by atoms with Crippen molar-refractivity contribution in [3.05, 3.63) is 45.9 Å². The van der Waals surface area contributed by atoms with Crippen molar-refractivity contribution in [3.63, 3.8) is 0 Å². The van der Waals surface area contributed by atoms with E-state index in [1.807, 2.05) is 6.20 Å². The minimum atomic E-state index is 0. The fourth-order valence-electron chi connectivity index (χ4n) is 2.64. The first-order chi connectivity index (χ1) is 12.1. The van der Waals surface area contributed by atoms with Crippen molar-refractivity contribution in [1.82, 2.24) is 15.6 Å². The molecule has 1 heterocycles. The molecule has 0 fully saturated rings. The van der Waals surface area contributed by atoms with Gasteiger partial charge >= 0.3 is 0 Å². The Bertz CT molecular complexity index is 686. The summed E-state index contributed by atoms with van der Waals surface area (Å²) in [6, 6.07) is 8.52. The summed E-state index contributed by atoms with van der Waals surface area (Å²) >= 11 is 1.70. The minimum Gasteiger partial charge on any atom is -0.370 e. The van der Waals surface area contributed by atoms with Crippen molar-refractivity contribution in [2.75, 3.05) is 31.1 Å². The maximum absolute atomic E-state index is 4.63. The van der Waals surface area contributed by atoms with Crippen LogP contribution in [-0.4, -0.2) is 37.1 Å². The largest absolute Gasteiger partial charge is 0.370 e. The van der Waals surface area contributed by atoms with Gasteiger partial charge in [-0.15, -0.1) is 35.3 Å². The number of rotatable bonds is 8. The van der Waals surface area contributed by atoms with Gasteiger partial charge in [0.05, 0.1) is 6.54 Å². The summed E-state index contributed by atoms with van der Waals surface area (Å²) in [5.41, 5.74) is 2.61. The van der Waals surface area contributed by atoms with E-state index < -0.39 is 0 Å². The molecule has 2 rings (SSSR count). The van der Waals surface area contributed by atoms with Gasteiger partial charge < -0.3 is 15.5 Å². The van der Waals surface area contributed by atoms with Gasteiger partial charge in [0.2, 0.25) is 0 Å². The highest BCUT2D eigenvalue weighted by molar-refractivity contribution is 14.0. The first-order valence-corrected chi connectivity index (χ1v) is 9.69. The summed E-state index contributed by atoms with van der Waals surface area (Å²) in [5, 5.41) is 7.77. The van der Waals surface area contributed by atoms with E-state index in [9.17, 15) is 0 Å². The molecule has 0 spiro atoms. The average molecular weight is 487 g/mol. The highest BCUT2D eigenvalue weighted by Crippen LogP contribution is 2.18. The van der Waals surface area contributed by atoms with Crippen LogP contribution in [0, 0.1) is 13.8 Å². The Morgan fingerprint density at radius 3 is 2.58 bits per heavy atom. The van der Waals surface area contributed by atoms with Gasteiger partial charge in [0, 0.05) is 42.9 Å². The molecule has 1 aromatic heterocycles. The maximum Gasteiger partial charge on any atom is 0.191 e. The van der Waals surface area contributed by atoms with Crippen molar-refractivity contribution >= 4 is 47.0 Å². The second-order valence-corrected chi connectivity index (χ2v) is 7.17. The van der Waals surface area contributed by atoms with Crippen LogP contribution in [0.3, 0.4) is 0 Å². The Morgan fingerprint density at radius 1 is 1.19 bits per heavy atom. The third-order valence-corrected chi connectivity index (χ3v) is 4.80. The number of benzene rings is 1. The number of hydrogen-bond donors (Lipinski definition) is 2. The molecule has 1 aromatic carbocycles. The molecular formula is C19H30IN5S. The third kappa shape index (κ3) is 7.11. The second kappa shape index (κ2) is 12.1. The van der Waals surface area contributed by atoms with E-state index in [2.05, 4.69) is 77.5 Å². The predicted octanol–water partition coefficient (Wildman–Crippen LogP) is 3.96. The zero-order valence-electron chi connectivity index (χ0n) is 16.1. The zero-order chi connectivity index (χ0) is 18.1. The molecule has 0 aliphatic rings. The third-order valence-electron chi connectivity index (χ3n) is 3.90. The van der Waals surface area contributed by atoms with Gasteiger partial charge in [0.15, 0.2) is 5.96 Å². The molecule has 0 unspecified atom stereocenters. The molecule has 2 N–H and O–H groups in total. The number of para-hydroxylation sites is 1. The minimum absolute atomic E-state index is 0. The van der Waals surface area contributed by atoms with Gasteiger partial charge in [-0.25, -0.2) is 9.98 Å². The van der Waals surface area contributed by atoms with Crippen molar-refractivity contribution in [3.8, 4) is 0 Å². The quantitative estimate of drug-likeness (QED) is 0.336. The topological polar surface area (TPSA) is 52.6 Å². The van der Waals surface area contributed by atoms with Gasteiger partial charge in [0.1, 0.15) is 5.01 Å². The first-order valence-electron chi connectivity index (χ1n) is 8.88. The number of guanidine groups is 1. The van der Waals surface area contributed by atoms with Crippen LogP contribution in [0.4, 0.5) is 5.69 Å². The predicted molar refractivity (Wildman–Crippen MR) is 124 cm³/mol. The van der Waals surface area contributed by atoms with Crippen molar-refractivity contribution < 1.29 is 0 Å². The lowest BCUT2D eigenvalue weighted by atomic mass is 10.2. The number of thiazole rings is 1. The molecule has 144 valence electrons. The van der Waals surface area contributed by atoms with E-state index in [1.165, 1.54) is 16.1 Å². The van der Waals surface area contributed by atoms with Crippen molar-refractivity contribution in [1.29, 1.82) is 0 Å². The average Bonchev–Trinajstić information content (AvgIpc) is 3.03. The lowest BCUT2D eigenvalue weighted by Gasteiger charge is -2.25. The van der Waals surface area contributed by atoms with E-state index in [0.717, 1.165) is 37.1 Å². The summed E-state index contributed by atoms with van der Waals surface area (Å²) in [4.78, 5) is 12.6. The molecule has 0 aliphatic carbocycles. The monoisotopic (exact) mass is 487 g/mol. The molecule has 0 saturated heterocycles. The zero-order valence-corrected chi connectivity index (χ0v) is 19.2. The van der Waals surface area contributed by atoms with Gasteiger partial charge in [-0.2, -0.15) is 0 Å². The maximum atomic E-state index is 4.63. The molecule has 0 amide bonds. The number of halogens is 1. The summed E-state index contributed by atoms with van der Waals surface area (Å²) in [7, 11) is 0. The summed E-state index contributed by atoms with van der Waals surface area (Å²) in [6.07, 6.45) is 1.90. The highest BCUT2D eigenvalue weighted by Gasteiger charge is 2.07. The SMILES string of the molecule is CCNC(=NCc1ncc(C)s1)NCCN(CC)c1ccccc1C.I. The Hall–Kier alpha value is -1.35. The second-order valence-electron chi connectivity index (χ2n) is 5.85. The van der Waals surface area contributed by atoms with Gasteiger partial charge in [-0.3, -0.25) is 0 Å². The normalized spacial score (nSPS) is 11.0. The fourth-order valence-corrected chi connectivity index (χ4v) is 3.35. The number of aromatic nitrogens is 1. The number of likely N-dealkylation sites (N-methyl/N-ethyl adjacent to an activating group) is 1. The molecule has 0 aliphatic heterocycles. The van der Waals surface area contributed by atoms with Crippen molar-refractivity contribution in [2.24, 2.45) is 4.99 Å². The number of nitrogens with one attached hydrogen (secondary N) is 2. The van der Waals surface area contributed by atoms with Gasteiger partial charge in [-0.05, 0) is 39.3 Å². The molecule has 0 saturated carbocycles. The van der Waals surface area contributed by atoms with Crippen LogP contribution in [0.2, 0.25) is 0 Å². The van der Waals surface area contributed by atoms with Gasteiger partial charge in [0.25, 0.3) is 0 Å². The van der Waals surface area contributed by atoms with E-state index in [1.54, 1.807) is 11.3 Å². The Morgan fingerprint density at radius 2 is 1.96 bits per heavy atom. The Kier molecular flexibility index (Phi) is 10.6. The number of nitrogens with zero attached hydrogens (tertiary/aromatic N) is 3. The fraction of sp³-hybridized carbons (Fsp3) is 0.474. The number of aryl methyl sites for hydroxylation is 2. The van der Waals surface area contributed by atoms with Crippen LogP contribution in [0.1, 0.15) is 29.3 Å². The van der Waals surface area contributed by atoms with Crippen LogP contribution in [0.15, 0.2) is 35.5 Å². The number of anilines is 1. The van der Waals surface area contributed by atoms with Gasteiger partial charge in [-0.1, -0.05) is 18.2 Å². The molecule has 26 heavy (non-hydrogen) atoms. The van der Waals surface area contributed by atoms with E-state index in [-0.39, 0.29) is 24.0 Å². The number of aliphatic imine (C=N–C) groups is 1. The molecule has 0 atom stereocenters. The van der Waals surface area contributed by atoms with E-state index >= 15 is 0 Å².